The number of aromatic nitrogens is 1. The van der Waals surface area contributed by atoms with Crippen molar-refractivity contribution in [1.82, 2.24) is 20.1 Å². The first-order valence-electron chi connectivity index (χ1n) is 14.7. The standard InChI is InChI=1S/C31H38F3N5O4S/c1-6-43-28(40)23-21(14-39-16-31(33,34)25-22(39)10-12-38(25)13-11-30(4,5)29(41)42)36-26(27-35-17(2)15-44-27)37-24(23)19-8-7-9-20(32)18(19)3/h7-9,15,22,24-25H,6,10-14,16H2,1-5H3,(H,36,37)(H,41,42). The number of aliphatic imine (C=N–C) groups is 1. The molecule has 44 heavy (non-hydrogen) atoms. The molecule has 0 bridgehead atoms. The average Bonchev–Trinajstić information content (AvgIpc) is 3.65. The molecule has 2 N–H and O–H groups in total. The number of aryl methyl sites for hydroxylation is 1. The highest BCUT2D eigenvalue weighted by Crippen LogP contribution is 2.43. The number of nitrogens with zero attached hydrogens (tertiary/aromatic N) is 4. The van der Waals surface area contributed by atoms with Gasteiger partial charge in [0.1, 0.15) is 11.9 Å². The molecule has 3 aliphatic rings. The van der Waals surface area contributed by atoms with Gasteiger partial charge in [0.25, 0.3) is 5.92 Å². The molecule has 3 atom stereocenters. The maximum atomic E-state index is 15.7. The lowest BCUT2D eigenvalue weighted by molar-refractivity contribution is -0.147. The molecule has 13 heteroatoms. The molecule has 0 saturated carbocycles. The lowest BCUT2D eigenvalue weighted by Crippen LogP contribution is -2.46. The molecule has 3 unspecified atom stereocenters. The summed E-state index contributed by atoms with van der Waals surface area (Å²) in [7, 11) is 0. The number of carboxylic acid groups (broad SMARTS) is 1. The summed E-state index contributed by atoms with van der Waals surface area (Å²) in [5, 5.41) is 15.2. The third-order valence-electron chi connectivity index (χ3n) is 8.80. The van der Waals surface area contributed by atoms with Crippen molar-refractivity contribution in [3.8, 4) is 0 Å². The average molecular weight is 634 g/mol. The topological polar surface area (TPSA) is 107 Å². The van der Waals surface area contributed by atoms with Gasteiger partial charge in [0.2, 0.25) is 0 Å². The molecule has 0 radical (unpaired) electrons. The minimum Gasteiger partial charge on any atom is -0.481 e. The van der Waals surface area contributed by atoms with E-state index in [1.165, 1.54) is 17.4 Å². The molecule has 1 aromatic carbocycles. The van der Waals surface area contributed by atoms with Crippen LogP contribution in [0.5, 0.6) is 0 Å². The second kappa shape index (κ2) is 12.2. The first kappa shape index (κ1) is 32.1. The lowest BCUT2D eigenvalue weighted by atomic mass is 9.89. The van der Waals surface area contributed by atoms with Gasteiger partial charge in [-0.25, -0.2) is 22.9 Å². The molecule has 9 nitrogen and oxygen atoms in total. The smallest absolute Gasteiger partial charge is 0.338 e. The largest absolute Gasteiger partial charge is 0.481 e. The molecule has 2 fully saturated rings. The predicted octanol–water partition coefficient (Wildman–Crippen LogP) is 4.70. The quantitative estimate of drug-likeness (QED) is 0.363. The van der Waals surface area contributed by atoms with Crippen LogP contribution in [0.3, 0.4) is 0 Å². The molecule has 3 aliphatic heterocycles. The number of carbonyl (C=O) groups is 2. The van der Waals surface area contributed by atoms with Gasteiger partial charge < -0.3 is 15.2 Å². The van der Waals surface area contributed by atoms with Gasteiger partial charge in [0.05, 0.1) is 30.2 Å². The number of halogens is 3. The van der Waals surface area contributed by atoms with Crippen molar-refractivity contribution in [2.24, 2.45) is 10.4 Å². The van der Waals surface area contributed by atoms with Gasteiger partial charge in [-0.15, -0.1) is 11.3 Å². The van der Waals surface area contributed by atoms with Gasteiger partial charge in [-0.3, -0.25) is 19.6 Å². The molecule has 2 saturated heterocycles. The van der Waals surface area contributed by atoms with Crippen LogP contribution in [0.25, 0.3) is 0 Å². The van der Waals surface area contributed by atoms with Crippen molar-refractivity contribution in [2.45, 2.75) is 71.5 Å². The number of nitrogens with one attached hydrogen (secondary N) is 1. The fraction of sp³-hybridized carbons (Fsp3) is 0.548. The molecule has 4 heterocycles. The van der Waals surface area contributed by atoms with Gasteiger partial charge in [0, 0.05) is 35.9 Å². The predicted molar refractivity (Wildman–Crippen MR) is 160 cm³/mol. The van der Waals surface area contributed by atoms with Gasteiger partial charge >= 0.3 is 11.9 Å². The highest BCUT2D eigenvalue weighted by molar-refractivity contribution is 7.11. The fourth-order valence-corrected chi connectivity index (χ4v) is 7.04. The summed E-state index contributed by atoms with van der Waals surface area (Å²) < 4.78 is 51.6. The highest BCUT2D eigenvalue weighted by atomic mass is 32.1. The second-order valence-electron chi connectivity index (χ2n) is 12.3. The van der Waals surface area contributed by atoms with E-state index in [1.54, 1.807) is 49.6 Å². The zero-order chi connectivity index (χ0) is 32.0. The lowest BCUT2D eigenvalue weighted by Gasteiger charge is -2.31. The van der Waals surface area contributed by atoms with E-state index in [-0.39, 0.29) is 31.7 Å². The van der Waals surface area contributed by atoms with Crippen LogP contribution in [0.2, 0.25) is 0 Å². The number of aliphatic carboxylic acids is 1. The molecule has 0 amide bonds. The van der Waals surface area contributed by atoms with Crippen molar-refractivity contribution in [3.05, 3.63) is 62.5 Å². The number of carbonyl (C=O) groups excluding carboxylic acids is 1. The molecule has 0 spiro atoms. The summed E-state index contributed by atoms with van der Waals surface area (Å²) in [6.07, 6.45) is 0.706. The van der Waals surface area contributed by atoms with Crippen LogP contribution in [-0.2, 0) is 14.3 Å². The first-order chi connectivity index (χ1) is 20.7. The van der Waals surface area contributed by atoms with Gasteiger partial charge in [-0.1, -0.05) is 12.1 Å². The van der Waals surface area contributed by atoms with Crippen LogP contribution in [0, 0.1) is 25.1 Å². The van der Waals surface area contributed by atoms with Crippen molar-refractivity contribution in [3.63, 3.8) is 0 Å². The number of fused-ring (bicyclic) bond motifs is 1. The van der Waals surface area contributed by atoms with Gasteiger partial charge in [0.15, 0.2) is 10.8 Å². The van der Waals surface area contributed by atoms with Crippen LogP contribution in [0.4, 0.5) is 13.2 Å². The third-order valence-corrected chi connectivity index (χ3v) is 9.76. The Morgan fingerprint density at radius 3 is 2.66 bits per heavy atom. The number of amidine groups is 1. The fourth-order valence-electron chi connectivity index (χ4n) is 6.29. The summed E-state index contributed by atoms with van der Waals surface area (Å²) in [6, 6.07) is 2.03. The SMILES string of the molecule is CCOC(=O)C1=C(CN2CC(F)(F)C3C2CCN3CCC(C)(C)C(=O)O)NC(c2nc(C)cs2)=NC1c1cccc(F)c1C. The van der Waals surface area contributed by atoms with Crippen LogP contribution in [0.15, 0.2) is 39.8 Å². The molecule has 5 rings (SSSR count). The number of carboxylic acids is 1. The number of alkyl halides is 2. The number of benzene rings is 1. The minimum atomic E-state index is -3.06. The van der Waals surface area contributed by atoms with Crippen molar-refractivity contribution >= 4 is 29.1 Å². The monoisotopic (exact) mass is 633 g/mol. The number of rotatable bonds is 10. The van der Waals surface area contributed by atoms with Crippen molar-refractivity contribution in [1.29, 1.82) is 0 Å². The first-order valence-corrected chi connectivity index (χ1v) is 15.6. The Bertz CT molecular complexity index is 1510. The van der Waals surface area contributed by atoms with Crippen LogP contribution < -0.4 is 5.32 Å². The van der Waals surface area contributed by atoms with E-state index >= 15 is 8.78 Å². The summed E-state index contributed by atoms with van der Waals surface area (Å²) in [4.78, 5) is 37.9. The second-order valence-corrected chi connectivity index (χ2v) is 13.2. The Kier molecular flexibility index (Phi) is 8.94. The van der Waals surface area contributed by atoms with Crippen molar-refractivity contribution < 1.29 is 32.6 Å². The number of ether oxygens (including phenoxy) is 1. The Balaban J connectivity index is 1.52. The van der Waals surface area contributed by atoms with Crippen molar-refractivity contribution in [2.75, 3.05) is 32.8 Å². The molecule has 1 aromatic heterocycles. The Morgan fingerprint density at radius 2 is 2.00 bits per heavy atom. The third kappa shape index (κ3) is 6.14. The summed E-state index contributed by atoms with van der Waals surface area (Å²) in [5.41, 5.74) is 1.02. The maximum absolute atomic E-state index is 15.7. The van der Waals surface area contributed by atoms with E-state index in [2.05, 4.69) is 10.3 Å². The Morgan fingerprint density at radius 1 is 1.25 bits per heavy atom. The number of likely N-dealkylation sites (tertiary alicyclic amines) is 2. The molecule has 0 aliphatic carbocycles. The molecule has 2 aromatic rings. The highest BCUT2D eigenvalue weighted by Gasteiger charge is 2.59. The zero-order valence-electron chi connectivity index (χ0n) is 25.5. The zero-order valence-corrected chi connectivity index (χ0v) is 26.3. The summed E-state index contributed by atoms with van der Waals surface area (Å²) >= 11 is 1.35. The van der Waals surface area contributed by atoms with E-state index in [1.807, 2.05) is 12.3 Å². The van der Waals surface area contributed by atoms with E-state index in [0.717, 1.165) is 5.69 Å². The van der Waals surface area contributed by atoms with E-state index in [0.29, 0.717) is 40.6 Å². The number of esters is 1. The number of thiazole rings is 1. The molecule has 238 valence electrons. The number of hydrogen-bond donors (Lipinski definition) is 2. The summed E-state index contributed by atoms with van der Waals surface area (Å²) in [5.74, 6) is -4.77. The summed E-state index contributed by atoms with van der Waals surface area (Å²) in [6.45, 7) is 8.50. The normalized spacial score (nSPS) is 23.8. The van der Waals surface area contributed by atoms with Crippen LogP contribution in [0.1, 0.15) is 61.5 Å². The van der Waals surface area contributed by atoms with E-state index < -0.39 is 53.8 Å². The van der Waals surface area contributed by atoms with Gasteiger partial charge in [-0.2, -0.15) is 0 Å². The Hall–Kier alpha value is -3.29. The number of hydrogen-bond acceptors (Lipinski definition) is 9. The van der Waals surface area contributed by atoms with E-state index in [9.17, 15) is 19.1 Å². The van der Waals surface area contributed by atoms with E-state index in [4.69, 9.17) is 9.73 Å². The maximum Gasteiger partial charge on any atom is 0.338 e. The van der Waals surface area contributed by atoms with Gasteiger partial charge in [-0.05, 0) is 71.2 Å². The van der Waals surface area contributed by atoms with Crippen LogP contribution >= 0.6 is 11.3 Å². The molecular weight excluding hydrogens is 595 g/mol. The Labute approximate surface area is 258 Å². The molecular formula is C31H38F3N5O4S. The van der Waals surface area contributed by atoms with Crippen LogP contribution in [-0.4, -0.2) is 88.5 Å². The minimum absolute atomic E-state index is 0.0202.